The number of unbranched alkanes of at least 4 members (excludes halogenated alkanes) is 7. The Bertz CT molecular complexity index is 854. The topological polar surface area (TPSA) is 218 Å². The molecular formula is C30H53N3O11. The Labute approximate surface area is 260 Å². The van der Waals surface area contributed by atoms with Crippen LogP contribution in [0.15, 0.2) is 0 Å². The van der Waals surface area contributed by atoms with E-state index in [4.69, 9.17) is 19.7 Å². The lowest BCUT2D eigenvalue weighted by Gasteiger charge is -2.18. The van der Waals surface area contributed by atoms with Gasteiger partial charge in [0.15, 0.2) is 0 Å². The van der Waals surface area contributed by atoms with E-state index in [2.05, 4.69) is 16.0 Å². The lowest BCUT2D eigenvalue weighted by Crippen LogP contribution is -2.51. The minimum atomic E-state index is -1.47. The van der Waals surface area contributed by atoms with E-state index in [-0.39, 0.29) is 24.5 Å². The van der Waals surface area contributed by atoms with Gasteiger partial charge in [-0.2, -0.15) is 0 Å². The molecule has 0 aliphatic rings. The molecule has 0 saturated heterocycles. The van der Waals surface area contributed by atoms with Gasteiger partial charge in [0, 0.05) is 59.2 Å². The van der Waals surface area contributed by atoms with Crippen molar-refractivity contribution in [2.24, 2.45) is 0 Å². The van der Waals surface area contributed by atoms with E-state index in [1.54, 1.807) is 7.11 Å². The SMILES string of the molecule is COCCCCCCOCCCC(=O)CCCCCCC(=O)NCCCCC(NC(=O)NC(CCC(=O)O)C(=O)O)C(=O)O. The van der Waals surface area contributed by atoms with Crippen LogP contribution in [-0.2, 0) is 33.4 Å². The average Bonchev–Trinajstić information content (AvgIpc) is 2.96. The first-order valence-electron chi connectivity index (χ1n) is 15.7. The Morgan fingerprint density at radius 2 is 1.14 bits per heavy atom. The molecular weight excluding hydrogens is 578 g/mol. The first kappa shape index (κ1) is 40.7. The highest BCUT2D eigenvalue weighted by atomic mass is 16.5. The van der Waals surface area contributed by atoms with Crippen molar-refractivity contribution in [1.82, 2.24) is 16.0 Å². The van der Waals surface area contributed by atoms with E-state index in [9.17, 15) is 33.9 Å². The minimum Gasteiger partial charge on any atom is -0.481 e. The highest BCUT2D eigenvalue weighted by Gasteiger charge is 2.24. The van der Waals surface area contributed by atoms with E-state index < -0.39 is 42.4 Å². The molecule has 14 heteroatoms. The van der Waals surface area contributed by atoms with Crippen molar-refractivity contribution >= 4 is 35.6 Å². The summed E-state index contributed by atoms with van der Waals surface area (Å²) in [6.07, 6.45) is 9.91. The van der Waals surface area contributed by atoms with Crippen molar-refractivity contribution in [3.63, 3.8) is 0 Å². The van der Waals surface area contributed by atoms with Crippen LogP contribution in [-0.4, -0.2) is 96.5 Å². The number of carboxylic acids is 3. The van der Waals surface area contributed by atoms with Gasteiger partial charge in [0.1, 0.15) is 17.9 Å². The Balaban J connectivity index is 3.84. The first-order chi connectivity index (χ1) is 21.1. The molecule has 0 heterocycles. The van der Waals surface area contributed by atoms with Crippen LogP contribution < -0.4 is 16.0 Å². The van der Waals surface area contributed by atoms with Crippen molar-refractivity contribution < 1.29 is 53.6 Å². The number of nitrogens with one attached hydrogen (secondary N) is 3. The summed E-state index contributed by atoms with van der Waals surface area (Å²) in [5, 5.41) is 34.2. The Hall–Kier alpha value is -3.26. The number of hydrogen-bond acceptors (Lipinski definition) is 8. The molecule has 0 spiro atoms. The van der Waals surface area contributed by atoms with Gasteiger partial charge in [-0.1, -0.05) is 25.7 Å². The molecule has 0 aliphatic heterocycles. The third kappa shape index (κ3) is 25.3. The van der Waals surface area contributed by atoms with Crippen LogP contribution >= 0.6 is 0 Å². The molecule has 0 aliphatic carbocycles. The molecule has 0 aromatic carbocycles. The molecule has 0 fully saturated rings. The van der Waals surface area contributed by atoms with Gasteiger partial charge < -0.3 is 40.7 Å². The van der Waals surface area contributed by atoms with Crippen molar-refractivity contribution in [3.05, 3.63) is 0 Å². The molecule has 14 nitrogen and oxygen atoms in total. The summed E-state index contributed by atoms with van der Waals surface area (Å²) in [5.74, 6) is -3.81. The number of rotatable bonds is 30. The molecule has 44 heavy (non-hydrogen) atoms. The number of amides is 3. The average molecular weight is 632 g/mol. The van der Waals surface area contributed by atoms with E-state index in [1.165, 1.54) is 0 Å². The van der Waals surface area contributed by atoms with Gasteiger partial charge in [0.2, 0.25) is 5.91 Å². The van der Waals surface area contributed by atoms with Crippen LogP contribution in [0.4, 0.5) is 4.79 Å². The van der Waals surface area contributed by atoms with Crippen LogP contribution in [0, 0.1) is 0 Å². The van der Waals surface area contributed by atoms with E-state index in [0.29, 0.717) is 51.7 Å². The third-order valence-electron chi connectivity index (χ3n) is 6.84. The number of ketones is 1. The maximum Gasteiger partial charge on any atom is 0.326 e. The number of urea groups is 1. The van der Waals surface area contributed by atoms with E-state index in [1.807, 2.05) is 0 Å². The molecule has 0 radical (unpaired) electrons. The molecule has 2 atom stereocenters. The number of aliphatic carboxylic acids is 3. The van der Waals surface area contributed by atoms with E-state index >= 15 is 0 Å². The van der Waals surface area contributed by atoms with Gasteiger partial charge >= 0.3 is 23.9 Å². The maximum absolute atomic E-state index is 12.0. The van der Waals surface area contributed by atoms with Gasteiger partial charge in [0.05, 0.1) is 0 Å². The van der Waals surface area contributed by atoms with Crippen LogP contribution in [0.3, 0.4) is 0 Å². The summed E-state index contributed by atoms with van der Waals surface area (Å²) in [6, 6.07) is -3.76. The van der Waals surface area contributed by atoms with Gasteiger partial charge in [0.25, 0.3) is 0 Å². The zero-order valence-corrected chi connectivity index (χ0v) is 26.1. The summed E-state index contributed by atoms with van der Waals surface area (Å²) < 4.78 is 10.6. The number of carboxylic acid groups (broad SMARTS) is 3. The molecule has 0 aromatic heterocycles. The summed E-state index contributed by atoms with van der Waals surface area (Å²) in [4.78, 5) is 69.4. The Morgan fingerprint density at radius 1 is 0.591 bits per heavy atom. The van der Waals surface area contributed by atoms with Gasteiger partial charge in [-0.3, -0.25) is 14.4 Å². The molecule has 2 unspecified atom stereocenters. The Kier molecular flexibility index (Phi) is 25.3. The zero-order valence-electron chi connectivity index (χ0n) is 26.1. The molecule has 0 aromatic rings. The lowest BCUT2D eigenvalue weighted by atomic mass is 10.1. The number of Topliss-reactive ketones (excluding diaryl/α,β-unsaturated/α-hetero) is 1. The van der Waals surface area contributed by atoms with Crippen molar-refractivity contribution in [2.45, 2.75) is 121 Å². The zero-order chi connectivity index (χ0) is 33.0. The molecule has 0 rings (SSSR count). The largest absolute Gasteiger partial charge is 0.481 e. The molecule has 3 amide bonds. The smallest absolute Gasteiger partial charge is 0.326 e. The van der Waals surface area contributed by atoms with Crippen LogP contribution in [0.2, 0.25) is 0 Å². The fraction of sp³-hybridized carbons (Fsp3) is 0.800. The molecule has 0 saturated carbocycles. The van der Waals surface area contributed by atoms with E-state index in [0.717, 1.165) is 64.6 Å². The van der Waals surface area contributed by atoms with Crippen LogP contribution in [0.25, 0.3) is 0 Å². The number of carbonyl (C=O) groups excluding carboxylic acids is 3. The first-order valence-corrected chi connectivity index (χ1v) is 15.7. The van der Waals surface area contributed by atoms with Gasteiger partial charge in [-0.05, 0) is 57.8 Å². The number of ether oxygens (including phenoxy) is 2. The van der Waals surface area contributed by atoms with Crippen molar-refractivity contribution in [2.75, 3.05) is 33.5 Å². The summed E-state index contributed by atoms with van der Waals surface area (Å²) in [6.45, 7) is 2.49. The normalized spacial score (nSPS) is 12.2. The number of carbonyl (C=O) groups is 6. The highest BCUT2D eigenvalue weighted by Crippen LogP contribution is 2.09. The molecule has 6 N–H and O–H groups in total. The summed E-state index contributed by atoms with van der Waals surface area (Å²) >= 11 is 0. The van der Waals surface area contributed by atoms with Gasteiger partial charge in [-0.15, -0.1) is 0 Å². The highest BCUT2D eigenvalue weighted by molar-refractivity contribution is 5.86. The number of hydrogen-bond donors (Lipinski definition) is 6. The third-order valence-corrected chi connectivity index (χ3v) is 6.84. The minimum absolute atomic E-state index is 0.0624. The fourth-order valence-corrected chi connectivity index (χ4v) is 4.29. The summed E-state index contributed by atoms with van der Waals surface area (Å²) in [7, 11) is 1.71. The monoisotopic (exact) mass is 631 g/mol. The standard InChI is InChI=1S/C30H53N3O11/c1-43-20-10-4-5-11-21-44-22-12-14-23(34)13-6-2-3-7-16-26(35)31-19-9-8-15-24(28(38)39)32-30(42)33-25(29(40)41)17-18-27(36)37/h24-25H,2-22H2,1H3,(H,31,35)(H,36,37)(H,38,39)(H,40,41)(H2,32,33,42). The van der Waals surface area contributed by atoms with Crippen molar-refractivity contribution in [3.8, 4) is 0 Å². The van der Waals surface area contributed by atoms with Gasteiger partial charge in [-0.25, -0.2) is 14.4 Å². The Morgan fingerprint density at radius 3 is 1.75 bits per heavy atom. The predicted molar refractivity (Wildman–Crippen MR) is 161 cm³/mol. The second kappa shape index (κ2) is 27.3. The lowest BCUT2D eigenvalue weighted by molar-refractivity contribution is -0.141. The molecule has 254 valence electrons. The maximum atomic E-state index is 12.0. The second-order valence-corrected chi connectivity index (χ2v) is 10.8. The second-order valence-electron chi connectivity index (χ2n) is 10.8. The van der Waals surface area contributed by atoms with Crippen LogP contribution in [0.1, 0.15) is 109 Å². The predicted octanol–water partition coefficient (Wildman–Crippen LogP) is 3.26. The fourth-order valence-electron chi connectivity index (χ4n) is 4.29. The quantitative estimate of drug-likeness (QED) is 0.0632. The molecule has 0 bridgehead atoms. The van der Waals surface area contributed by atoms with Crippen LogP contribution in [0.5, 0.6) is 0 Å². The number of methoxy groups -OCH3 is 1. The van der Waals surface area contributed by atoms with Crippen molar-refractivity contribution in [1.29, 1.82) is 0 Å². The summed E-state index contributed by atoms with van der Waals surface area (Å²) in [5.41, 5.74) is 0.